The van der Waals surface area contributed by atoms with Crippen LogP contribution in [0.2, 0.25) is 0 Å². The smallest absolute Gasteiger partial charge is 0.338 e. The molecule has 0 atom stereocenters. The fraction of sp³-hybridized carbons (Fsp3) is 0.250. The van der Waals surface area contributed by atoms with Crippen molar-refractivity contribution in [2.75, 3.05) is 24.3 Å². The lowest BCUT2D eigenvalue weighted by molar-refractivity contribution is -0.144. The zero-order valence-electron chi connectivity index (χ0n) is 15.0. The first kappa shape index (κ1) is 20.5. The molecule has 0 unspecified atom stereocenters. The summed E-state index contributed by atoms with van der Waals surface area (Å²) in [7, 11) is 0. The third-order valence-corrected chi connectivity index (χ3v) is 4.29. The molecule has 0 aromatic heterocycles. The standard InChI is InChI=1S/C20H21NO5S/c1-2-12-25-20(24)15-8-10-16(11-9-15)21-18(22)13-26-19(23)14-27-17-6-4-3-5-7-17/h3-11H,2,12-14H2,1H3,(H,21,22). The maximum atomic E-state index is 11.9. The highest BCUT2D eigenvalue weighted by atomic mass is 32.2. The minimum Gasteiger partial charge on any atom is -0.462 e. The largest absolute Gasteiger partial charge is 0.462 e. The Labute approximate surface area is 162 Å². The Morgan fingerprint density at radius 2 is 1.67 bits per heavy atom. The van der Waals surface area contributed by atoms with Gasteiger partial charge in [0, 0.05) is 10.6 Å². The quantitative estimate of drug-likeness (QED) is 0.524. The van der Waals surface area contributed by atoms with E-state index in [2.05, 4.69) is 5.32 Å². The lowest BCUT2D eigenvalue weighted by atomic mass is 10.2. The lowest BCUT2D eigenvalue weighted by Crippen LogP contribution is -2.21. The summed E-state index contributed by atoms with van der Waals surface area (Å²) in [5.41, 5.74) is 0.910. The number of amides is 1. The molecule has 0 fully saturated rings. The molecule has 0 saturated carbocycles. The molecular formula is C20H21NO5S. The maximum Gasteiger partial charge on any atom is 0.338 e. The van der Waals surface area contributed by atoms with E-state index < -0.39 is 17.8 Å². The first-order valence-corrected chi connectivity index (χ1v) is 9.47. The predicted molar refractivity (Wildman–Crippen MR) is 104 cm³/mol. The maximum absolute atomic E-state index is 11.9. The third-order valence-electron chi connectivity index (χ3n) is 3.31. The summed E-state index contributed by atoms with van der Waals surface area (Å²) in [5, 5.41) is 2.61. The number of hydrogen-bond acceptors (Lipinski definition) is 6. The van der Waals surface area contributed by atoms with Gasteiger partial charge in [-0.3, -0.25) is 9.59 Å². The van der Waals surface area contributed by atoms with Gasteiger partial charge in [-0.1, -0.05) is 25.1 Å². The van der Waals surface area contributed by atoms with E-state index in [4.69, 9.17) is 9.47 Å². The molecule has 0 aliphatic carbocycles. The number of carbonyl (C=O) groups excluding carboxylic acids is 3. The van der Waals surface area contributed by atoms with Crippen molar-refractivity contribution in [1.29, 1.82) is 0 Å². The number of anilines is 1. The van der Waals surface area contributed by atoms with E-state index in [-0.39, 0.29) is 12.4 Å². The number of thioether (sulfide) groups is 1. The van der Waals surface area contributed by atoms with E-state index in [1.807, 2.05) is 37.3 Å². The highest BCUT2D eigenvalue weighted by molar-refractivity contribution is 8.00. The number of esters is 2. The van der Waals surface area contributed by atoms with E-state index in [1.165, 1.54) is 11.8 Å². The lowest BCUT2D eigenvalue weighted by Gasteiger charge is -2.08. The van der Waals surface area contributed by atoms with Crippen LogP contribution >= 0.6 is 11.8 Å². The monoisotopic (exact) mass is 387 g/mol. The highest BCUT2D eigenvalue weighted by Gasteiger charge is 2.10. The Kier molecular flexibility index (Phi) is 8.38. The van der Waals surface area contributed by atoms with Gasteiger partial charge < -0.3 is 14.8 Å². The zero-order chi connectivity index (χ0) is 19.5. The van der Waals surface area contributed by atoms with Gasteiger partial charge in [0.1, 0.15) is 0 Å². The molecule has 2 aromatic carbocycles. The SMILES string of the molecule is CCCOC(=O)c1ccc(NC(=O)COC(=O)CSc2ccccc2)cc1. The molecule has 142 valence electrons. The molecule has 27 heavy (non-hydrogen) atoms. The van der Waals surface area contributed by atoms with Gasteiger partial charge in [-0.15, -0.1) is 11.8 Å². The van der Waals surface area contributed by atoms with Crippen molar-refractivity contribution in [3.8, 4) is 0 Å². The number of nitrogens with one attached hydrogen (secondary N) is 1. The summed E-state index contributed by atoms with van der Waals surface area (Å²) in [5.74, 6) is -1.19. The van der Waals surface area contributed by atoms with Gasteiger partial charge in [0.25, 0.3) is 5.91 Å². The minimum absolute atomic E-state index is 0.131. The van der Waals surface area contributed by atoms with Crippen LogP contribution in [0.3, 0.4) is 0 Å². The van der Waals surface area contributed by atoms with Gasteiger partial charge in [-0.25, -0.2) is 4.79 Å². The van der Waals surface area contributed by atoms with Crippen molar-refractivity contribution < 1.29 is 23.9 Å². The number of ether oxygens (including phenoxy) is 2. The van der Waals surface area contributed by atoms with E-state index >= 15 is 0 Å². The van der Waals surface area contributed by atoms with Crippen LogP contribution in [0.5, 0.6) is 0 Å². The second-order valence-electron chi connectivity index (χ2n) is 5.52. The molecule has 0 saturated heterocycles. The highest BCUT2D eigenvalue weighted by Crippen LogP contribution is 2.16. The van der Waals surface area contributed by atoms with Gasteiger partial charge in [0.05, 0.1) is 17.9 Å². The zero-order valence-corrected chi connectivity index (χ0v) is 15.8. The van der Waals surface area contributed by atoms with E-state index in [0.29, 0.717) is 17.9 Å². The van der Waals surface area contributed by atoms with Crippen molar-refractivity contribution in [3.63, 3.8) is 0 Å². The number of hydrogen-bond donors (Lipinski definition) is 1. The summed E-state index contributed by atoms with van der Waals surface area (Å²) in [6, 6.07) is 15.8. The van der Waals surface area contributed by atoms with Crippen LogP contribution in [0.1, 0.15) is 23.7 Å². The fourth-order valence-electron chi connectivity index (χ4n) is 2.01. The average Bonchev–Trinajstić information content (AvgIpc) is 2.70. The van der Waals surface area contributed by atoms with Gasteiger partial charge in [-0.2, -0.15) is 0 Å². The van der Waals surface area contributed by atoms with Crippen LogP contribution in [0.4, 0.5) is 5.69 Å². The topological polar surface area (TPSA) is 81.7 Å². The molecule has 2 aromatic rings. The number of rotatable bonds is 9. The van der Waals surface area contributed by atoms with Crippen molar-refractivity contribution >= 4 is 35.3 Å². The van der Waals surface area contributed by atoms with Crippen LogP contribution in [-0.2, 0) is 19.1 Å². The van der Waals surface area contributed by atoms with Gasteiger partial charge in [0.15, 0.2) is 6.61 Å². The first-order chi connectivity index (χ1) is 13.1. The molecule has 0 heterocycles. The van der Waals surface area contributed by atoms with E-state index in [0.717, 1.165) is 11.3 Å². The second-order valence-corrected chi connectivity index (χ2v) is 6.57. The summed E-state index contributed by atoms with van der Waals surface area (Å²) in [4.78, 5) is 36.2. The Hall–Kier alpha value is -2.80. The normalized spacial score (nSPS) is 10.1. The summed E-state index contributed by atoms with van der Waals surface area (Å²) in [6.45, 7) is 1.92. The molecule has 0 spiro atoms. The Balaban J connectivity index is 1.72. The van der Waals surface area contributed by atoms with Crippen molar-refractivity contribution in [2.45, 2.75) is 18.2 Å². The number of benzene rings is 2. The van der Waals surface area contributed by atoms with Crippen molar-refractivity contribution in [3.05, 3.63) is 60.2 Å². The third kappa shape index (κ3) is 7.53. The molecule has 1 N–H and O–H groups in total. The van der Waals surface area contributed by atoms with Crippen LogP contribution in [0.25, 0.3) is 0 Å². The van der Waals surface area contributed by atoms with Crippen LogP contribution in [0, 0.1) is 0 Å². The molecule has 0 aliphatic heterocycles. The summed E-state index contributed by atoms with van der Waals surface area (Å²) < 4.78 is 9.99. The molecule has 0 bridgehead atoms. The minimum atomic E-state index is -0.465. The predicted octanol–water partition coefficient (Wildman–Crippen LogP) is 3.53. The summed E-state index contributed by atoms with van der Waals surface area (Å²) >= 11 is 1.34. The van der Waals surface area contributed by atoms with Crippen LogP contribution in [0.15, 0.2) is 59.5 Å². The van der Waals surface area contributed by atoms with E-state index in [9.17, 15) is 14.4 Å². The molecule has 2 rings (SSSR count). The van der Waals surface area contributed by atoms with Gasteiger partial charge in [0.2, 0.25) is 0 Å². The van der Waals surface area contributed by atoms with Gasteiger partial charge in [-0.05, 0) is 42.8 Å². The average molecular weight is 387 g/mol. The Bertz CT molecular complexity index is 762. The van der Waals surface area contributed by atoms with Crippen molar-refractivity contribution in [1.82, 2.24) is 0 Å². The molecule has 0 radical (unpaired) electrons. The molecule has 7 heteroatoms. The molecule has 6 nitrogen and oxygen atoms in total. The number of carbonyl (C=O) groups is 3. The van der Waals surface area contributed by atoms with Crippen LogP contribution < -0.4 is 5.32 Å². The second kappa shape index (κ2) is 11.0. The molecule has 0 aliphatic rings. The van der Waals surface area contributed by atoms with E-state index in [1.54, 1.807) is 24.3 Å². The Morgan fingerprint density at radius 1 is 0.963 bits per heavy atom. The fourth-order valence-corrected chi connectivity index (χ4v) is 2.73. The van der Waals surface area contributed by atoms with Gasteiger partial charge >= 0.3 is 11.9 Å². The molecular weight excluding hydrogens is 366 g/mol. The van der Waals surface area contributed by atoms with Crippen molar-refractivity contribution in [2.24, 2.45) is 0 Å². The Morgan fingerprint density at radius 3 is 2.33 bits per heavy atom. The first-order valence-electron chi connectivity index (χ1n) is 8.49. The molecule has 1 amide bonds. The summed E-state index contributed by atoms with van der Waals surface area (Å²) in [6.07, 6.45) is 0.752. The van der Waals surface area contributed by atoms with Crippen LogP contribution in [-0.4, -0.2) is 36.8 Å².